The number of tetrazole rings is 1. The van der Waals surface area contributed by atoms with Crippen molar-refractivity contribution in [2.45, 2.75) is 31.7 Å². The molecule has 4 rings (SSSR count). The molecule has 0 spiro atoms. The molecule has 2 heterocycles. The van der Waals surface area contributed by atoms with Crippen molar-refractivity contribution < 1.29 is 9.59 Å². The monoisotopic (exact) mass is 339 g/mol. The predicted octanol–water partition coefficient (Wildman–Crippen LogP) is 1.22. The number of carbonyl (C=O) groups excluding carboxylic acids is 2. The van der Waals surface area contributed by atoms with Gasteiger partial charge in [0.1, 0.15) is 5.71 Å². The second-order valence-corrected chi connectivity index (χ2v) is 6.17. The molecule has 1 aromatic heterocycles. The van der Waals surface area contributed by atoms with E-state index in [2.05, 4.69) is 25.9 Å². The Morgan fingerprint density at radius 3 is 2.64 bits per heavy atom. The summed E-state index contributed by atoms with van der Waals surface area (Å²) in [5.74, 6) is 0.348. The minimum atomic E-state index is -0.296. The van der Waals surface area contributed by atoms with Gasteiger partial charge in [-0.25, -0.2) is 9.69 Å². The first kappa shape index (κ1) is 15.4. The van der Waals surface area contributed by atoms with Crippen molar-refractivity contribution in [1.29, 1.82) is 0 Å². The van der Waals surface area contributed by atoms with Crippen LogP contribution in [0.5, 0.6) is 0 Å². The lowest BCUT2D eigenvalue weighted by Gasteiger charge is -2.18. The largest absolute Gasteiger partial charge is 0.321 e. The Balaban J connectivity index is 1.47. The predicted molar refractivity (Wildman–Crippen MR) is 89.6 cm³/mol. The van der Waals surface area contributed by atoms with Gasteiger partial charge in [0.2, 0.25) is 5.91 Å². The van der Waals surface area contributed by atoms with Crippen LogP contribution in [0.3, 0.4) is 0 Å². The summed E-state index contributed by atoms with van der Waals surface area (Å²) in [5.41, 5.74) is 1.90. The van der Waals surface area contributed by atoms with Crippen LogP contribution in [0.4, 0.5) is 5.69 Å². The Morgan fingerprint density at radius 2 is 1.96 bits per heavy atom. The highest BCUT2D eigenvalue weighted by Gasteiger charge is 2.28. The number of carbonyl (C=O) groups is 2. The van der Waals surface area contributed by atoms with Crippen LogP contribution >= 0.6 is 0 Å². The molecule has 1 aliphatic heterocycles. The summed E-state index contributed by atoms with van der Waals surface area (Å²) in [7, 11) is 1.55. The minimum Gasteiger partial charge on any atom is -0.321 e. The Morgan fingerprint density at radius 1 is 1.20 bits per heavy atom. The van der Waals surface area contributed by atoms with Crippen LogP contribution in [-0.2, 0) is 9.59 Å². The van der Waals surface area contributed by atoms with Crippen molar-refractivity contribution in [3.63, 3.8) is 0 Å². The van der Waals surface area contributed by atoms with Crippen molar-refractivity contribution in [2.75, 3.05) is 12.4 Å². The molecule has 0 radical (unpaired) electrons. The van der Waals surface area contributed by atoms with E-state index >= 15 is 0 Å². The van der Waals surface area contributed by atoms with Gasteiger partial charge < -0.3 is 5.32 Å². The van der Waals surface area contributed by atoms with E-state index in [9.17, 15) is 9.59 Å². The van der Waals surface area contributed by atoms with Crippen LogP contribution in [0.25, 0.3) is 11.4 Å². The lowest BCUT2D eigenvalue weighted by atomic mass is 10.1. The van der Waals surface area contributed by atoms with Gasteiger partial charge >= 0.3 is 0 Å². The van der Waals surface area contributed by atoms with Gasteiger partial charge in [-0.15, -0.1) is 5.10 Å². The Labute approximate surface area is 143 Å². The van der Waals surface area contributed by atoms with Crippen LogP contribution in [-0.4, -0.2) is 49.8 Å². The second-order valence-electron chi connectivity index (χ2n) is 6.17. The highest BCUT2D eigenvalue weighted by Crippen LogP contribution is 2.36. The number of benzene rings is 1. The molecule has 2 aromatic rings. The maximum absolute atomic E-state index is 12.3. The number of hydrazone groups is 1. The molecular formula is C16H17N7O2. The zero-order valence-electron chi connectivity index (χ0n) is 13.7. The third kappa shape index (κ3) is 3.12. The molecule has 0 bridgehead atoms. The molecule has 1 saturated carbocycles. The lowest BCUT2D eigenvalue weighted by molar-refractivity contribution is -0.130. The highest BCUT2D eigenvalue weighted by atomic mass is 16.2. The fourth-order valence-electron chi connectivity index (χ4n) is 2.69. The Kier molecular flexibility index (Phi) is 3.75. The van der Waals surface area contributed by atoms with Gasteiger partial charge in [0.05, 0.1) is 6.04 Å². The average Bonchev–Trinajstić information content (AvgIpc) is 3.35. The van der Waals surface area contributed by atoms with Crippen LogP contribution in [0, 0.1) is 0 Å². The zero-order valence-corrected chi connectivity index (χ0v) is 13.7. The van der Waals surface area contributed by atoms with E-state index in [1.807, 2.05) is 16.8 Å². The van der Waals surface area contributed by atoms with Crippen molar-refractivity contribution >= 4 is 23.2 Å². The standard InChI is InChI=1S/C16H17N7O2/c1-22-14(24)9-8-13(19-22)16(25)17-11-4-2-10(3-5-11)15-18-20-21-23(15)12-6-7-12/h2-5,12H,6-9H2,1H3,(H,17,25). The van der Waals surface area contributed by atoms with Gasteiger partial charge in [-0.1, -0.05) is 0 Å². The van der Waals surface area contributed by atoms with Gasteiger partial charge in [-0.2, -0.15) is 5.10 Å². The third-order valence-electron chi connectivity index (χ3n) is 4.26. The fraction of sp³-hybridized carbons (Fsp3) is 0.375. The summed E-state index contributed by atoms with van der Waals surface area (Å²) in [4.78, 5) is 23.7. The number of nitrogens with one attached hydrogen (secondary N) is 1. The van der Waals surface area contributed by atoms with Crippen molar-refractivity contribution in [3.05, 3.63) is 24.3 Å². The van der Waals surface area contributed by atoms with Gasteiger partial charge in [-0.05, 0) is 47.5 Å². The van der Waals surface area contributed by atoms with Crippen LogP contribution in [0.1, 0.15) is 31.7 Å². The van der Waals surface area contributed by atoms with E-state index in [4.69, 9.17) is 0 Å². The van der Waals surface area contributed by atoms with E-state index < -0.39 is 0 Å². The first-order valence-corrected chi connectivity index (χ1v) is 8.15. The number of amides is 2. The molecule has 2 aliphatic rings. The summed E-state index contributed by atoms with van der Waals surface area (Å²) in [6.07, 6.45) is 2.85. The quantitative estimate of drug-likeness (QED) is 0.901. The van der Waals surface area contributed by atoms with Crippen LogP contribution < -0.4 is 5.32 Å². The van der Waals surface area contributed by atoms with Crippen LogP contribution in [0.15, 0.2) is 29.4 Å². The summed E-state index contributed by atoms with van der Waals surface area (Å²) >= 11 is 0. The summed E-state index contributed by atoms with van der Waals surface area (Å²) in [6.45, 7) is 0. The molecule has 9 nitrogen and oxygen atoms in total. The van der Waals surface area contributed by atoms with Gasteiger partial charge in [-0.3, -0.25) is 9.59 Å². The molecule has 9 heteroatoms. The van der Waals surface area contributed by atoms with Crippen LogP contribution in [0.2, 0.25) is 0 Å². The highest BCUT2D eigenvalue weighted by molar-refractivity contribution is 6.43. The molecule has 128 valence electrons. The van der Waals surface area contributed by atoms with Crippen molar-refractivity contribution in [3.8, 4) is 11.4 Å². The minimum absolute atomic E-state index is 0.0886. The van der Waals surface area contributed by atoms with Crippen molar-refractivity contribution in [1.82, 2.24) is 25.2 Å². The first-order chi connectivity index (χ1) is 12.1. The maximum Gasteiger partial charge on any atom is 0.271 e. The number of anilines is 1. The fourth-order valence-corrected chi connectivity index (χ4v) is 2.69. The number of rotatable bonds is 4. The summed E-state index contributed by atoms with van der Waals surface area (Å²) in [5, 5.41) is 19.9. The molecule has 2 amide bonds. The number of nitrogens with zero attached hydrogens (tertiary/aromatic N) is 6. The molecule has 1 aromatic carbocycles. The summed E-state index contributed by atoms with van der Waals surface area (Å²) in [6, 6.07) is 7.75. The first-order valence-electron chi connectivity index (χ1n) is 8.15. The maximum atomic E-state index is 12.3. The number of hydrogen-bond donors (Lipinski definition) is 1. The molecule has 1 N–H and O–H groups in total. The number of hydrogen-bond acceptors (Lipinski definition) is 6. The molecule has 0 saturated heterocycles. The topological polar surface area (TPSA) is 105 Å². The molecule has 1 aliphatic carbocycles. The number of aromatic nitrogens is 4. The second kappa shape index (κ2) is 6.08. The average molecular weight is 339 g/mol. The van der Waals surface area contributed by atoms with E-state index in [-0.39, 0.29) is 11.8 Å². The molecule has 0 atom stereocenters. The lowest BCUT2D eigenvalue weighted by Crippen LogP contribution is -2.34. The summed E-state index contributed by atoms with van der Waals surface area (Å²) < 4.78 is 1.84. The SMILES string of the molecule is CN1N=C(C(=O)Nc2ccc(-c3nnnn3C3CC3)cc2)CCC1=O. The van der Waals surface area contributed by atoms with E-state index in [1.165, 1.54) is 5.01 Å². The third-order valence-corrected chi connectivity index (χ3v) is 4.26. The van der Waals surface area contributed by atoms with Crippen molar-refractivity contribution in [2.24, 2.45) is 5.10 Å². The Bertz CT molecular complexity index is 852. The normalized spacial score (nSPS) is 17.4. The molecule has 0 unspecified atom stereocenters. The molecule has 1 fully saturated rings. The molecular weight excluding hydrogens is 322 g/mol. The molecule has 25 heavy (non-hydrogen) atoms. The van der Waals surface area contributed by atoms with Gasteiger partial charge in [0, 0.05) is 31.1 Å². The van der Waals surface area contributed by atoms with E-state index in [0.717, 1.165) is 24.2 Å². The van der Waals surface area contributed by atoms with E-state index in [1.54, 1.807) is 19.2 Å². The van der Waals surface area contributed by atoms with Gasteiger partial charge in [0.15, 0.2) is 5.82 Å². The zero-order chi connectivity index (χ0) is 17.4. The van der Waals surface area contributed by atoms with Gasteiger partial charge in [0.25, 0.3) is 5.91 Å². The smallest absolute Gasteiger partial charge is 0.271 e. The Hall–Kier alpha value is -3.10. The van der Waals surface area contributed by atoms with E-state index in [0.29, 0.717) is 30.3 Å².